The number of rotatable bonds is 3. The molecule has 1 saturated carbocycles. The molecule has 1 unspecified atom stereocenters. The topological polar surface area (TPSA) is 58.4 Å². The molecule has 0 radical (unpaired) electrons. The Kier molecular flexibility index (Phi) is 5.01. The second-order valence-corrected chi connectivity index (χ2v) is 5.99. The van der Waals surface area contributed by atoms with Crippen LogP contribution in [0.25, 0.3) is 0 Å². The van der Waals surface area contributed by atoms with Crippen molar-refractivity contribution >= 4 is 5.91 Å². The number of nitrogens with two attached hydrogens (primary N) is 1. The van der Waals surface area contributed by atoms with E-state index in [1.54, 1.807) is 0 Å². The zero-order valence-corrected chi connectivity index (χ0v) is 11.5. The highest BCUT2D eigenvalue weighted by Gasteiger charge is 2.26. The van der Waals surface area contributed by atoms with Gasteiger partial charge >= 0.3 is 0 Å². The van der Waals surface area contributed by atoms with Gasteiger partial charge in [-0.25, -0.2) is 0 Å². The fourth-order valence-corrected chi connectivity index (χ4v) is 3.15. The van der Waals surface area contributed by atoms with Crippen molar-refractivity contribution in [3.05, 3.63) is 0 Å². The van der Waals surface area contributed by atoms with Gasteiger partial charge in [0, 0.05) is 24.5 Å². The summed E-state index contributed by atoms with van der Waals surface area (Å²) in [5.41, 5.74) is 5.87. The maximum Gasteiger partial charge on any atom is 0.223 e. The average Bonchev–Trinajstić information content (AvgIpc) is 2.38. The zero-order chi connectivity index (χ0) is 13.0. The number of piperidine rings is 1. The monoisotopic (exact) mass is 253 g/mol. The molecule has 18 heavy (non-hydrogen) atoms. The molecule has 2 aliphatic rings. The van der Waals surface area contributed by atoms with Crippen molar-refractivity contribution in [2.75, 3.05) is 20.1 Å². The Morgan fingerprint density at radius 3 is 2.61 bits per heavy atom. The minimum absolute atomic E-state index is 0.207. The maximum atomic E-state index is 12.1. The van der Waals surface area contributed by atoms with Gasteiger partial charge in [0.2, 0.25) is 5.91 Å². The van der Waals surface area contributed by atoms with Crippen molar-refractivity contribution in [3.63, 3.8) is 0 Å². The van der Waals surface area contributed by atoms with E-state index < -0.39 is 0 Å². The van der Waals surface area contributed by atoms with Gasteiger partial charge in [0.1, 0.15) is 0 Å². The summed E-state index contributed by atoms with van der Waals surface area (Å²) in [7, 11) is 2.16. The van der Waals surface area contributed by atoms with Gasteiger partial charge in [-0.05, 0) is 52.1 Å². The van der Waals surface area contributed by atoms with Crippen molar-refractivity contribution in [1.82, 2.24) is 10.2 Å². The molecule has 0 aromatic rings. The number of hydrogen-bond acceptors (Lipinski definition) is 3. The van der Waals surface area contributed by atoms with Crippen LogP contribution in [0.4, 0.5) is 0 Å². The standard InChI is InChI=1S/C14H27N3O/c1-17-9-3-2-4-13(17)10-16-14(18)11-5-7-12(15)8-6-11/h11-13H,2-10,15H2,1H3,(H,16,18). The van der Waals surface area contributed by atoms with Crippen LogP contribution in [0.1, 0.15) is 44.9 Å². The SMILES string of the molecule is CN1CCCCC1CNC(=O)C1CCC(N)CC1. The van der Waals surface area contributed by atoms with Crippen LogP contribution in [0.2, 0.25) is 0 Å². The number of nitrogens with one attached hydrogen (secondary N) is 1. The third kappa shape index (κ3) is 3.69. The molecule has 4 heteroatoms. The summed E-state index contributed by atoms with van der Waals surface area (Å²) in [6.45, 7) is 1.98. The number of carbonyl (C=O) groups is 1. The second-order valence-electron chi connectivity index (χ2n) is 5.99. The zero-order valence-electron chi connectivity index (χ0n) is 11.5. The predicted octanol–water partition coefficient (Wildman–Crippen LogP) is 1.10. The van der Waals surface area contributed by atoms with Crippen molar-refractivity contribution in [1.29, 1.82) is 0 Å². The molecule has 0 spiro atoms. The lowest BCUT2D eigenvalue weighted by Gasteiger charge is -2.33. The lowest BCUT2D eigenvalue weighted by molar-refractivity contribution is -0.126. The summed E-state index contributed by atoms with van der Waals surface area (Å²) in [5.74, 6) is 0.458. The molecule has 1 aliphatic heterocycles. The van der Waals surface area contributed by atoms with Crippen LogP contribution in [0, 0.1) is 5.92 Å². The van der Waals surface area contributed by atoms with Gasteiger partial charge in [-0.2, -0.15) is 0 Å². The summed E-state index contributed by atoms with van der Waals surface area (Å²) in [6, 6.07) is 0.854. The molecule has 4 nitrogen and oxygen atoms in total. The highest BCUT2D eigenvalue weighted by atomic mass is 16.1. The third-order valence-electron chi connectivity index (χ3n) is 4.58. The predicted molar refractivity (Wildman–Crippen MR) is 73.2 cm³/mol. The van der Waals surface area contributed by atoms with Gasteiger partial charge in [0.05, 0.1) is 0 Å². The molecule has 0 aromatic carbocycles. The van der Waals surface area contributed by atoms with E-state index in [1.807, 2.05) is 0 Å². The first-order valence-electron chi connectivity index (χ1n) is 7.40. The van der Waals surface area contributed by atoms with Crippen LogP contribution in [0.3, 0.4) is 0 Å². The first-order chi connectivity index (χ1) is 8.66. The molecule has 104 valence electrons. The van der Waals surface area contributed by atoms with Gasteiger partial charge in [-0.15, -0.1) is 0 Å². The van der Waals surface area contributed by atoms with E-state index in [-0.39, 0.29) is 11.8 Å². The first kappa shape index (κ1) is 13.8. The average molecular weight is 253 g/mol. The van der Waals surface area contributed by atoms with Gasteiger partial charge in [-0.1, -0.05) is 6.42 Å². The number of hydrogen-bond donors (Lipinski definition) is 2. The van der Waals surface area contributed by atoms with Crippen molar-refractivity contribution in [3.8, 4) is 0 Å². The van der Waals surface area contributed by atoms with E-state index in [2.05, 4.69) is 17.3 Å². The van der Waals surface area contributed by atoms with Gasteiger partial charge in [0.15, 0.2) is 0 Å². The van der Waals surface area contributed by atoms with Crippen molar-refractivity contribution in [2.45, 2.75) is 57.0 Å². The third-order valence-corrected chi connectivity index (χ3v) is 4.58. The fraction of sp³-hybridized carbons (Fsp3) is 0.929. The normalized spacial score (nSPS) is 34.2. The highest BCUT2D eigenvalue weighted by Crippen LogP contribution is 2.23. The molecule has 2 rings (SSSR count). The van der Waals surface area contributed by atoms with Crippen LogP contribution < -0.4 is 11.1 Å². The number of likely N-dealkylation sites (N-methyl/N-ethyl adjacent to an activating group) is 1. The first-order valence-corrected chi connectivity index (χ1v) is 7.40. The fourth-order valence-electron chi connectivity index (χ4n) is 3.15. The van der Waals surface area contributed by atoms with Crippen LogP contribution in [0.5, 0.6) is 0 Å². The summed E-state index contributed by atoms with van der Waals surface area (Å²) < 4.78 is 0. The Labute approximate surface area is 110 Å². The Hall–Kier alpha value is -0.610. The quantitative estimate of drug-likeness (QED) is 0.792. The molecule has 1 heterocycles. The molecule has 3 N–H and O–H groups in total. The minimum atomic E-state index is 0.207. The summed E-state index contributed by atoms with van der Waals surface area (Å²) >= 11 is 0. The molecular weight excluding hydrogens is 226 g/mol. The van der Waals surface area contributed by atoms with E-state index in [0.29, 0.717) is 12.1 Å². The van der Waals surface area contributed by atoms with E-state index in [9.17, 15) is 4.79 Å². The Balaban J connectivity index is 1.70. The molecule has 0 bridgehead atoms. The van der Waals surface area contributed by atoms with Gasteiger partial charge in [0.25, 0.3) is 0 Å². The van der Waals surface area contributed by atoms with Crippen molar-refractivity contribution < 1.29 is 4.79 Å². The Morgan fingerprint density at radius 2 is 1.94 bits per heavy atom. The molecular formula is C14H27N3O. The molecule has 1 amide bonds. The number of nitrogens with zero attached hydrogens (tertiary/aromatic N) is 1. The number of carbonyl (C=O) groups excluding carboxylic acids is 1. The Morgan fingerprint density at radius 1 is 1.22 bits per heavy atom. The van der Waals surface area contributed by atoms with E-state index in [0.717, 1.165) is 32.2 Å². The lowest BCUT2D eigenvalue weighted by atomic mass is 9.86. The smallest absolute Gasteiger partial charge is 0.223 e. The summed E-state index contributed by atoms with van der Waals surface area (Å²) in [4.78, 5) is 14.5. The number of amides is 1. The summed E-state index contributed by atoms with van der Waals surface area (Å²) in [6.07, 6.45) is 7.74. The minimum Gasteiger partial charge on any atom is -0.354 e. The van der Waals surface area contributed by atoms with Gasteiger partial charge < -0.3 is 16.0 Å². The highest BCUT2D eigenvalue weighted by molar-refractivity contribution is 5.78. The maximum absolute atomic E-state index is 12.1. The van der Waals surface area contributed by atoms with E-state index in [1.165, 1.54) is 25.8 Å². The Bertz CT molecular complexity index is 274. The molecule has 1 aliphatic carbocycles. The molecule has 1 saturated heterocycles. The lowest BCUT2D eigenvalue weighted by Crippen LogP contribution is -2.46. The molecule has 2 fully saturated rings. The van der Waals surface area contributed by atoms with E-state index >= 15 is 0 Å². The second kappa shape index (κ2) is 6.53. The van der Waals surface area contributed by atoms with Crippen LogP contribution in [0.15, 0.2) is 0 Å². The van der Waals surface area contributed by atoms with Crippen LogP contribution >= 0.6 is 0 Å². The molecule has 0 aromatic heterocycles. The van der Waals surface area contributed by atoms with Crippen LogP contribution in [-0.2, 0) is 4.79 Å². The van der Waals surface area contributed by atoms with E-state index in [4.69, 9.17) is 5.73 Å². The number of likely N-dealkylation sites (tertiary alicyclic amines) is 1. The largest absolute Gasteiger partial charge is 0.354 e. The van der Waals surface area contributed by atoms with Crippen molar-refractivity contribution in [2.24, 2.45) is 11.7 Å². The van der Waals surface area contributed by atoms with Crippen LogP contribution in [-0.4, -0.2) is 43.0 Å². The molecule has 1 atom stereocenters. The van der Waals surface area contributed by atoms with Gasteiger partial charge in [-0.3, -0.25) is 4.79 Å². The summed E-state index contributed by atoms with van der Waals surface area (Å²) in [5, 5.41) is 3.15.